The number of aryl methyl sites for hydroxylation is 1. The Hall–Kier alpha value is -1.62. The molecule has 0 bridgehead atoms. The summed E-state index contributed by atoms with van der Waals surface area (Å²) >= 11 is 0. The van der Waals surface area contributed by atoms with E-state index in [0.29, 0.717) is 23.8 Å². The van der Waals surface area contributed by atoms with Crippen LogP contribution >= 0.6 is 0 Å². The SMILES string of the molecule is CCc1cc(C(=O)NCC(C)(C)C(C)C)cc(NN)n1. The molecule has 0 atom stereocenters. The highest BCUT2D eigenvalue weighted by Crippen LogP contribution is 2.24. The molecule has 0 aliphatic heterocycles. The van der Waals surface area contributed by atoms with Crippen LogP contribution in [0.1, 0.15) is 50.7 Å². The second-order valence-electron chi connectivity index (χ2n) is 6.06. The minimum atomic E-state index is -0.0904. The summed E-state index contributed by atoms with van der Waals surface area (Å²) in [5.41, 5.74) is 3.99. The second kappa shape index (κ2) is 6.70. The van der Waals surface area contributed by atoms with Crippen molar-refractivity contribution in [2.24, 2.45) is 17.2 Å². The fourth-order valence-electron chi connectivity index (χ4n) is 1.59. The normalized spacial score (nSPS) is 11.6. The molecule has 4 N–H and O–H groups in total. The van der Waals surface area contributed by atoms with Crippen molar-refractivity contribution in [2.75, 3.05) is 12.0 Å². The molecular weight excluding hydrogens is 252 g/mol. The number of aromatic nitrogens is 1. The molecule has 0 saturated carbocycles. The quantitative estimate of drug-likeness (QED) is 0.551. The lowest BCUT2D eigenvalue weighted by molar-refractivity contribution is 0.0924. The van der Waals surface area contributed by atoms with Gasteiger partial charge in [-0.25, -0.2) is 10.8 Å². The molecule has 20 heavy (non-hydrogen) atoms. The Labute approximate surface area is 121 Å². The van der Waals surface area contributed by atoms with Crippen LogP contribution in [0, 0.1) is 11.3 Å². The molecule has 0 aromatic carbocycles. The van der Waals surface area contributed by atoms with E-state index < -0.39 is 0 Å². The number of hydrogen-bond donors (Lipinski definition) is 3. The van der Waals surface area contributed by atoms with Gasteiger partial charge in [0.15, 0.2) is 0 Å². The molecule has 0 saturated heterocycles. The number of nitrogens with two attached hydrogens (primary N) is 1. The van der Waals surface area contributed by atoms with E-state index in [1.807, 2.05) is 6.92 Å². The molecule has 1 amide bonds. The number of hydrazine groups is 1. The summed E-state index contributed by atoms with van der Waals surface area (Å²) in [7, 11) is 0. The van der Waals surface area contributed by atoms with Gasteiger partial charge in [-0.3, -0.25) is 4.79 Å². The van der Waals surface area contributed by atoms with Crippen molar-refractivity contribution in [3.05, 3.63) is 23.4 Å². The molecule has 5 heteroatoms. The van der Waals surface area contributed by atoms with Gasteiger partial charge in [0, 0.05) is 17.8 Å². The Morgan fingerprint density at radius 3 is 2.55 bits per heavy atom. The number of rotatable bonds is 6. The summed E-state index contributed by atoms with van der Waals surface area (Å²) in [5, 5.41) is 2.99. The number of nitrogen functional groups attached to an aromatic ring is 1. The summed E-state index contributed by atoms with van der Waals surface area (Å²) in [6.45, 7) is 11.2. The first-order valence-corrected chi connectivity index (χ1v) is 7.06. The van der Waals surface area contributed by atoms with E-state index in [9.17, 15) is 4.79 Å². The molecule has 1 rings (SSSR count). The van der Waals surface area contributed by atoms with Crippen molar-refractivity contribution >= 4 is 11.7 Å². The number of nitrogens with one attached hydrogen (secondary N) is 2. The molecule has 0 unspecified atom stereocenters. The Bertz CT molecular complexity index is 447. The topological polar surface area (TPSA) is 80.0 Å². The van der Waals surface area contributed by atoms with Crippen LogP contribution in [-0.4, -0.2) is 17.4 Å². The van der Waals surface area contributed by atoms with Crippen molar-refractivity contribution < 1.29 is 4.79 Å². The summed E-state index contributed by atoms with van der Waals surface area (Å²) in [5.74, 6) is 6.30. The smallest absolute Gasteiger partial charge is 0.251 e. The third-order valence-corrected chi connectivity index (χ3v) is 3.92. The van der Waals surface area contributed by atoms with E-state index in [2.05, 4.69) is 43.4 Å². The van der Waals surface area contributed by atoms with Crippen LogP contribution in [0.15, 0.2) is 12.1 Å². The molecule has 0 radical (unpaired) electrons. The Morgan fingerprint density at radius 2 is 2.05 bits per heavy atom. The van der Waals surface area contributed by atoms with Gasteiger partial charge in [0.25, 0.3) is 5.91 Å². The van der Waals surface area contributed by atoms with Crippen molar-refractivity contribution in [3.8, 4) is 0 Å². The molecule has 0 aliphatic carbocycles. The maximum atomic E-state index is 12.2. The molecule has 1 heterocycles. The van der Waals surface area contributed by atoms with Gasteiger partial charge >= 0.3 is 0 Å². The van der Waals surface area contributed by atoms with Crippen LogP contribution in [0.5, 0.6) is 0 Å². The fourth-order valence-corrected chi connectivity index (χ4v) is 1.59. The van der Waals surface area contributed by atoms with Crippen LogP contribution < -0.4 is 16.6 Å². The van der Waals surface area contributed by atoms with Gasteiger partial charge in [-0.1, -0.05) is 34.6 Å². The molecular formula is C15H26N4O. The van der Waals surface area contributed by atoms with Crippen LogP contribution in [0.2, 0.25) is 0 Å². The Morgan fingerprint density at radius 1 is 1.40 bits per heavy atom. The average molecular weight is 278 g/mol. The summed E-state index contributed by atoms with van der Waals surface area (Å²) in [4.78, 5) is 16.5. The number of hydrogen-bond acceptors (Lipinski definition) is 4. The number of pyridine rings is 1. The monoisotopic (exact) mass is 278 g/mol. The maximum absolute atomic E-state index is 12.2. The standard InChI is InChI=1S/C15H26N4O/c1-6-12-7-11(8-13(18-12)19-16)14(20)17-9-15(4,5)10(2)3/h7-8,10H,6,9,16H2,1-5H3,(H,17,20)(H,18,19). The molecule has 112 valence electrons. The summed E-state index contributed by atoms with van der Waals surface area (Å²) < 4.78 is 0. The molecule has 5 nitrogen and oxygen atoms in total. The highest BCUT2D eigenvalue weighted by molar-refractivity contribution is 5.95. The van der Waals surface area contributed by atoms with Crippen molar-refractivity contribution in [3.63, 3.8) is 0 Å². The Kier molecular flexibility index (Phi) is 5.51. The lowest BCUT2D eigenvalue weighted by atomic mass is 9.81. The lowest BCUT2D eigenvalue weighted by Crippen LogP contribution is -2.37. The van der Waals surface area contributed by atoms with Crippen molar-refractivity contribution in [1.82, 2.24) is 10.3 Å². The van der Waals surface area contributed by atoms with Crippen LogP contribution in [0.3, 0.4) is 0 Å². The first-order valence-electron chi connectivity index (χ1n) is 7.06. The van der Waals surface area contributed by atoms with Gasteiger partial charge in [-0.05, 0) is 29.9 Å². The predicted octanol–water partition coefficient (Wildman–Crippen LogP) is 2.34. The van der Waals surface area contributed by atoms with Crippen LogP contribution in [-0.2, 0) is 6.42 Å². The molecule has 0 spiro atoms. The van der Waals surface area contributed by atoms with Crippen LogP contribution in [0.4, 0.5) is 5.82 Å². The zero-order valence-corrected chi connectivity index (χ0v) is 13.1. The van der Waals surface area contributed by atoms with E-state index in [-0.39, 0.29) is 11.3 Å². The number of carbonyl (C=O) groups excluding carboxylic acids is 1. The highest BCUT2D eigenvalue weighted by atomic mass is 16.1. The average Bonchev–Trinajstić information content (AvgIpc) is 2.43. The number of nitrogens with zero attached hydrogens (tertiary/aromatic N) is 1. The van der Waals surface area contributed by atoms with E-state index in [0.717, 1.165) is 12.1 Å². The largest absolute Gasteiger partial charge is 0.351 e. The maximum Gasteiger partial charge on any atom is 0.251 e. The van der Waals surface area contributed by atoms with Gasteiger partial charge in [0.1, 0.15) is 5.82 Å². The number of carbonyl (C=O) groups is 1. The van der Waals surface area contributed by atoms with Gasteiger partial charge in [-0.15, -0.1) is 0 Å². The van der Waals surface area contributed by atoms with E-state index in [4.69, 9.17) is 5.84 Å². The number of anilines is 1. The van der Waals surface area contributed by atoms with Gasteiger partial charge in [0.2, 0.25) is 0 Å². The van der Waals surface area contributed by atoms with E-state index >= 15 is 0 Å². The second-order valence-corrected chi connectivity index (χ2v) is 6.06. The molecule has 1 aromatic rings. The van der Waals surface area contributed by atoms with Gasteiger partial charge in [0.05, 0.1) is 0 Å². The fraction of sp³-hybridized carbons (Fsp3) is 0.600. The molecule has 0 aliphatic rings. The minimum Gasteiger partial charge on any atom is -0.351 e. The van der Waals surface area contributed by atoms with Crippen molar-refractivity contribution in [2.45, 2.75) is 41.0 Å². The number of amides is 1. The Balaban J connectivity index is 2.82. The zero-order chi connectivity index (χ0) is 15.3. The highest BCUT2D eigenvalue weighted by Gasteiger charge is 2.23. The lowest BCUT2D eigenvalue weighted by Gasteiger charge is -2.29. The molecule has 0 fully saturated rings. The summed E-state index contributed by atoms with van der Waals surface area (Å²) in [6, 6.07) is 3.47. The van der Waals surface area contributed by atoms with Gasteiger partial charge < -0.3 is 10.7 Å². The molecule has 1 aromatic heterocycles. The first-order chi connectivity index (χ1) is 9.30. The predicted molar refractivity (Wildman–Crippen MR) is 82.4 cm³/mol. The van der Waals surface area contributed by atoms with E-state index in [1.165, 1.54) is 0 Å². The van der Waals surface area contributed by atoms with Gasteiger partial charge in [-0.2, -0.15) is 0 Å². The third kappa shape index (κ3) is 4.20. The zero-order valence-electron chi connectivity index (χ0n) is 13.1. The summed E-state index contributed by atoms with van der Waals surface area (Å²) in [6.07, 6.45) is 0.757. The minimum absolute atomic E-state index is 0.0607. The van der Waals surface area contributed by atoms with E-state index in [1.54, 1.807) is 12.1 Å². The third-order valence-electron chi connectivity index (χ3n) is 3.92. The van der Waals surface area contributed by atoms with Crippen LogP contribution in [0.25, 0.3) is 0 Å². The van der Waals surface area contributed by atoms with Crippen molar-refractivity contribution in [1.29, 1.82) is 0 Å². The first kappa shape index (κ1) is 16.4.